The Morgan fingerprint density at radius 2 is 1.78 bits per heavy atom. The van der Waals surface area contributed by atoms with E-state index in [-0.39, 0.29) is 10.6 Å². The maximum Gasteiger partial charge on any atom is 0.294 e. The minimum Gasteiger partial charge on any atom is -0.507 e. The molecular weight excluding hydrogens is 276 g/mol. The molecule has 2 aromatic carbocycles. The van der Waals surface area contributed by atoms with E-state index in [1.165, 1.54) is 36.4 Å². The van der Waals surface area contributed by atoms with E-state index in [2.05, 4.69) is 0 Å². The summed E-state index contributed by atoms with van der Waals surface area (Å²) >= 11 is 5.82. The van der Waals surface area contributed by atoms with Crippen molar-refractivity contribution in [3.8, 4) is 16.9 Å². The second-order valence-electron chi connectivity index (χ2n) is 3.66. The third-order valence-electron chi connectivity index (χ3n) is 2.40. The van der Waals surface area contributed by atoms with Gasteiger partial charge in [-0.2, -0.15) is 8.42 Å². The predicted octanol–water partition coefficient (Wildman–Crippen LogP) is 2.96. The summed E-state index contributed by atoms with van der Waals surface area (Å²) in [4.78, 5) is -0.237. The van der Waals surface area contributed by atoms with E-state index >= 15 is 0 Å². The topological polar surface area (TPSA) is 74.6 Å². The molecule has 2 aromatic rings. The van der Waals surface area contributed by atoms with Crippen LogP contribution in [0.4, 0.5) is 0 Å². The molecule has 18 heavy (non-hydrogen) atoms. The molecule has 6 heteroatoms. The van der Waals surface area contributed by atoms with Crippen LogP contribution in [0.3, 0.4) is 0 Å². The van der Waals surface area contributed by atoms with E-state index < -0.39 is 10.1 Å². The SMILES string of the molecule is O=S(=O)(O)c1cccc(-c2cc(Cl)ccc2O)c1. The summed E-state index contributed by atoms with van der Waals surface area (Å²) < 4.78 is 31.0. The number of hydrogen-bond donors (Lipinski definition) is 2. The van der Waals surface area contributed by atoms with Gasteiger partial charge < -0.3 is 5.11 Å². The average molecular weight is 285 g/mol. The van der Waals surface area contributed by atoms with Crippen molar-refractivity contribution in [2.24, 2.45) is 0 Å². The van der Waals surface area contributed by atoms with Crippen LogP contribution in [-0.2, 0) is 10.1 Å². The van der Waals surface area contributed by atoms with Crippen LogP contribution < -0.4 is 0 Å². The van der Waals surface area contributed by atoms with Crippen LogP contribution in [0.15, 0.2) is 47.4 Å². The first kappa shape index (κ1) is 12.9. The molecular formula is C12H9ClO4S. The van der Waals surface area contributed by atoms with Crippen molar-refractivity contribution in [2.45, 2.75) is 4.90 Å². The number of aromatic hydroxyl groups is 1. The van der Waals surface area contributed by atoms with Gasteiger partial charge in [0.1, 0.15) is 5.75 Å². The predicted molar refractivity (Wildman–Crippen MR) is 68.4 cm³/mol. The molecule has 0 aliphatic heterocycles. The zero-order valence-corrected chi connectivity index (χ0v) is 10.6. The number of phenolic OH excluding ortho intramolecular Hbond substituents is 1. The van der Waals surface area contributed by atoms with Gasteiger partial charge in [0.25, 0.3) is 10.1 Å². The monoisotopic (exact) mass is 284 g/mol. The Labute approximate surface area is 109 Å². The number of rotatable bonds is 2. The molecule has 0 heterocycles. The maximum absolute atomic E-state index is 11.0. The van der Waals surface area contributed by atoms with Crippen molar-refractivity contribution in [1.82, 2.24) is 0 Å². The molecule has 0 aliphatic rings. The first-order chi connectivity index (χ1) is 8.38. The largest absolute Gasteiger partial charge is 0.507 e. The summed E-state index contributed by atoms with van der Waals surface area (Å²) in [7, 11) is -4.27. The van der Waals surface area contributed by atoms with Gasteiger partial charge in [-0.15, -0.1) is 0 Å². The van der Waals surface area contributed by atoms with E-state index in [1.807, 2.05) is 0 Å². The van der Waals surface area contributed by atoms with Crippen molar-refractivity contribution < 1.29 is 18.1 Å². The van der Waals surface area contributed by atoms with E-state index in [4.69, 9.17) is 16.2 Å². The molecule has 0 saturated heterocycles. The highest BCUT2D eigenvalue weighted by Gasteiger charge is 2.12. The first-order valence-corrected chi connectivity index (χ1v) is 6.76. The van der Waals surface area contributed by atoms with Crippen LogP contribution in [0.25, 0.3) is 11.1 Å². The van der Waals surface area contributed by atoms with Gasteiger partial charge in [-0.25, -0.2) is 0 Å². The molecule has 0 aromatic heterocycles. The number of halogens is 1. The molecule has 0 saturated carbocycles. The zero-order valence-electron chi connectivity index (χ0n) is 9.04. The van der Waals surface area contributed by atoms with Crippen molar-refractivity contribution in [3.05, 3.63) is 47.5 Å². The Bertz CT molecular complexity index is 695. The molecule has 0 aliphatic carbocycles. The smallest absolute Gasteiger partial charge is 0.294 e. The lowest BCUT2D eigenvalue weighted by Crippen LogP contribution is -1.97. The van der Waals surface area contributed by atoms with E-state index in [0.717, 1.165) is 0 Å². The van der Waals surface area contributed by atoms with Crippen LogP contribution >= 0.6 is 11.6 Å². The fourth-order valence-corrected chi connectivity index (χ4v) is 2.26. The van der Waals surface area contributed by atoms with Crippen molar-refractivity contribution >= 4 is 21.7 Å². The molecule has 0 bridgehead atoms. The maximum atomic E-state index is 11.0. The molecule has 4 nitrogen and oxygen atoms in total. The van der Waals surface area contributed by atoms with Gasteiger partial charge in [-0.3, -0.25) is 4.55 Å². The summed E-state index contributed by atoms with van der Waals surface area (Å²) in [6, 6.07) is 10.1. The van der Waals surface area contributed by atoms with E-state index in [9.17, 15) is 13.5 Å². The highest BCUT2D eigenvalue weighted by Crippen LogP contribution is 2.32. The Morgan fingerprint density at radius 3 is 2.44 bits per heavy atom. The lowest BCUT2D eigenvalue weighted by Gasteiger charge is -2.06. The van der Waals surface area contributed by atoms with Gasteiger partial charge in [-0.1, -0.05) is 23.7 Å². The third-order valence-corrected chi connectivity index (χ3v) is 3.49. The Morgan fingerprint density at radius 1 is 1.06 bits per heavy atom. The Kier molecular flexibility index (Phi) is 3.30. The van der Waals surface area contributed by atoms with Gasteiger partial charge >= 0.3 is 0 Å². The average Bonchev–Trinajstić information content (AvgIpc) is 2.31. The molecule has 0 fully saturated rings. The van der Waals surface area contributed by atoms with Crippen LogP contribution in [-0.4, -0.2) is 18.1 Å². The second kappa shape index (κ2) is 4.61. The van der Waals surface area contributed by atoms with Crippen LogP contribution in [0.5, 0.6) is 5.75 Å². The molecule has 94 valence electrons. The van der Waals surface area contributed by atoms with Gasteiger partial charge in [-0.05, 0) is 35.9 Å². The molecule has 0 amide bonds. The highest BCUT2D eigenvalue weighted by atomic mass is 35.5. The summed E-state index contributed by atoms with van der Waals surface area (Å²) in [6.07, 6.45) is 0. The highest BCUT2D eigenvalue weighted by molar-refractivity contribution is 7.85. The minimum atomic E-state index is -4.27. The number of phenols is 1. The summed E-state index contributed by atoms with van der Waals surface area (Å²) in [5, 5.41) is 10.1. The van der Waals surface area contributed by atoms with E-state index in [1.54, 1.807) is 6.07 Å². The molecule has 0 spiro atoms. The summed E-state index contributed by atoms with van der Waals surface area (Å²) in [5.74, 6) is -0.0214. The number of hydrogen-bond acceptors (Lipinski definition) is 3. The second-order valence-corrected chi connectivity index (χ2v) is 5.52. The fraction of sp³-hybridized carbons (Fsp3) is 0. The fourth-order valence-electron chi connectivity index (χ4n) is 1.56. The lowest BCUT2D eigenvalue weighted by atomic mass is 10.1. The zero-order chi connectivity index (χ0) is 13.3. The van der Waals surface area contributed by atoms with Crippen molar-refractivity contribution in [1.29, 1.82) is 0 Å². The Hall–Kier alpha value is -1.56. The van der Waals surface area contributed by atoms with Crippen LogP contribution in [0, 0.1) is 0 Å². The Balaban J connectivity index is 2.62. The normalized spacial score (nSPS) is 11.4. The quantitative estimate of drug-likeness (QED) is 0.832. The number of benzene rings is 2. The first-order valence-electron chi connectivity index (χ1n) is 4.94. The molecule has 2 N–H and O–H groups in total. The minimum absolute atomic E-state index is 0.0214. The van der Waals surface area contributed by atoms with Crippen molar-refractivity contribution in [3.63, 3.8) is 0 Å². The molecule has 2 rings (SSSR count). The van der Waals surface area contributed by atoms with Crippen molar-refractivity contribution in [2.75, 3.05) is 0 Å². The van der Waals surface area contributed by atoms with Crippen LogP contribution in [0.2, 0.25) is 5.02 Å². The molecule has 0 unspecified atom stereocenters. The summed E-state index contributed by atoms with van der Waals surface area (Å²) in [6.45, 7) is 0. The van der Waals surface area contributed by atoms with Gasteiger partial charge in [0.15, 0.2) is 0 Å². The van der Waals surface area contributed by atoms with Gasteiger partial charge in [0.2, 0.25) is 0 Å². The lowest BCUT2D eigenvalue weighted by molar-refractivity contribution is 0.476. The van der Waals surface area contributed by atoms with Crippen LogP contribution in [0.1, 0.15) is 0 Å². The molecule has 0 atom stereocenters. The van der Waals surface area contributed by atoms with E-state index in [0.29, 0.717) is 16.1 Å². The third kappa shape index (κ3) is 2.64. The van der Waals surface area contributed by atoms with Gasteiger partial charge in [0, 0.05) is 10.6 Å². The summed E-state index contributed by atoms with van der Waals surface area (Å²) in [5.41, 5.74) is 0.845. The molecule has 0 radical (unpaired) electrons. The standard InChI is InChI=1S/C12H9ClO4S/c13-9-4-5-12(14)11(7-9)8-2-1-3-10(6-8)18(15,16)17/h1-7,14H,(H,15,16,17). The van der Waals surface area contributed by atoms with Gasteiger partial charge in [0.05, 0.1) is 4.90 Å².